The van der Waals surface area contributed by atoms with Crippen molar-refractivity contribution >= 4 is 19.2 Å². The highest BCUT2D eigenvalue weighted by molar-refractivity contribution is 6.74. The summed E-state index contributed by atoms with van der Waals surface area (Å²) in [5, 5.41) is 8.26. The first-order valence-corrected chi connectivity index (χ1v) is 15.6. The van der Waals surface area contributed by atoms with Gasteiger partial charge >= 0.3 is 0 Å². The van der Waals surface area contributed by atoms with Gasteiger partial charge in [-0.1, -0.05) is 46.2 Å². The number of halogens is 2. The fraction of sp³-hybridized carbons (Fsp3) is 0.500. The number of nitrogens with one attached hydrogen (secondary N) is 3. The Kier molecular flexibility index (Phi) is 7.53. The number of rotatable bonds is 8. The molecule has 0 unspecified atom stereocenters. The predicted octanol–water partition coefficient (Wildman–Crippen LogP) is 6.92. The van der Waals surface area contributed by atoms with Crippen molar-refractivity contribution in [2.24, 2.45) is 0 Å². The quantitative estimate of drug-likeness (QED) is 0.233. The second-order valence-corrected chi connectivity index (χ2v) is 16.1. The van der Waals surface area contributed by atoms with E-state index >= 15 is 4.39 Å². The molecule has 2 heterocycles. The molecule has 0 spiro atoms. The van der Waals surface area contributed by atoms with Crippen LogP contribution in [0.2, 0.25) is 18.1 Å². The minimum Gasteiger partial charge on any atom is -0.413 e. The summed E-state index contributed by atoms with van der Waals surface area (Å²) in [5.74, 6) is -0.532. The standard InChI is InChI=1S/C28H39F2N3OSi/c1-7-8-13-31-24-16-22-21-14-18(17-34-35(5,6)28(2,3)4)15-23(30)26(21)33-27(22)25(32-24)19-9-11-20(29)12-10-19/h9-12,14-15,24-25,31-33H,7-8,13,16-17H2,1-6H3/t24-,25+/m1/s1. The highest BCUT2D eigenvalue weighted by Crippen LogP contribution is 2.39. The second kappa shape index (κ2) is 10.1. The largest absolute Gasteiger partial charge is 0.413 e. The molecule has 0 fully saturated rings. The number of fused-ring (bicyclic) bond motifs is 3. The summed E-state index contributed by atoms with van der Waals surface area (Å²) in [6.07, 6.45) is 2.98. The number of hydrogen-bond acceptors (Lipinski definition) is 3. The lowest BCUT2D eigenvalue weighted by atomic mass is 9.92. The summed E-state index contributed by atoms with van der Waals surface area (Å²) >= 11 is 0. The Hall–Kier alpha value is -2.06. The van der Waals surface area contributed by atoms with E-state index in [0.717, 1.165) is 53.6 Å². The smallest absolute Gasteiger partial charge is 0.192 e. The van der Waals surface area contributed by atoms with Crippen LogP contribution in [0.5, 0.6) is 0 Å². The van der Waals surface area contributed by atoms with Crippen LogP contribution in [0.3, 0.4) is 0 Å². The number of benzene rings is 2. The van der Waals surface area contributed by atoms with Gasteiger partial charge in [0.05, 0.1) is 24.3 Å². The minimum absolute atomic E-state index is 0.0401. The lowest BCUT2D eigenvalue weighted by Crippen LogP contribution is -2.49. The zero-order valence-electron chi connectivity index (χ0n) is 21.8. The number of aromatic amines is 1. The van der Waals surface area contributed by atoms with Gasteiger partial charge in [-0.25, -0.2) is 8.78 Å². The van der Waals surface area contributed by atoms with Crippen molar-refractivity contribution in [3.8, 4) is 0 Å². The Labute approximate surface area is 209 Å². The van der Waals surface area contributed by atoms with Crippen molar-refractivity contribution in [1.29, 1.82) is 0 Å². The molecule has 4 nitrogen and oxygen atoms in total. The third-order valence-corrected chi connectivity index (χ3v) is 12.1. The zero-order valence-corrected chi connectivity index (χ0v) is 22.8. The topological polar surface area (TPSA) is 49.1 Å². The fourth-order valence-corrected chi connectivity index (χ4v) is 5.42. The van der Waals surface area contributed by atoms with Crippen molar-refractivity contribution in [2.75, 3.05) is 6.54 Å². The third-order valence-electron chi connectivity index (χ3n) is 7.65. The van der Waals surface area contributed by atoms with Gasteiger partial charge in [0.2, 0.25) is 0 Å². The molecule has 2 aromatic carbocycles. The number of hydrogen-bond donors (Lipinski definition) is 3. The molecule has 2 atom stereocenters. The fourth-order valence-electron chi connectivity index (χ4n) is 4.46. The maximum Gasteiger partial charge on any atom is 0.192 e. The summed E-state index contributed by atoms with van der Waals surface area (Å²) in [5.41, 5.74) is 4.38. The van der Waals surface area contributed by atoms with Crippen LogP contribution in [0.1, 0.15) is 69.0 Å². The van der Waals surface area contributed by atoms with Crippen LogP contribution in [-0.4, -0.2) is 26.0 Å². The van der Waals surface area contributed by atoms with E-state index in [1.807, 2.05) is 0 Å². The molecule has 4 rings (SSSR count). The van der Waals surface area contributed by atoms with Gasteiger partial charge in [0.15, 0.2) is 8.32 Å². The highest BCUT2D eigenvalue weighted by Gasteiger charge is 2.37. The summed E-state index contributed by atoms with van der Waals surface area (Å²) in [7, 11) is -1.96. The minimum atomic E-state index is -1.96. The number of H-pyrrole nitrogens is 1. The third kappa shape index (κ3) is 5.53. The van der Waals surface area contributed by atoms with Gasteiger partial charge < -0.3 is 14.7 Å². The zero-order chi connectivity index (χ0) is 25.4. The second-order valence-electron chi connectivity index (χ2n) is 11.3. The molecule has 3 N–H and O–H groups in total. The van der Waals surface area contributed by atoms with E-state index in [0.29, 0.717) is 12.1 Å². The maximum absolute atomic E-state index is 15.4. The Balaban J connectivity index is 1.72. The summed E-state index contributed by atoms with van der Waals surface area (Å²) in [6, 6.07) is 10.0. The van der Waals surface area contributed by atoms with Crippen molar-refractivity contribution in [1.82, 2.24) is 15.6 Å². The molecule has 0 amide bonds. The first-order valence-electron chi connectivity index (χ1n) is 12.7. The Morgan fingerprint density at radius 2 is 1.83 bits per heavy atom. The molecule has 0 saturated heterocycles. The van der Waals surface area contributed by atoms with E-state index in [4.69, 9.17) is 4.43 Å². The molecule has 3 aromatic rings. The van der Waals surface area contributed by atoms with Gasteiger partial charge in [-0.2, -0.15) is 0 Å². The average molecular weight is 500 g/mol. The molecule has 190 valence electrons. The van der Waals surface area contributed by atoms with Gasteiger partial charge in [0.1, 0.15) is 11.6 Å². The molecular formula is C28H39F2N3OSi. The van der Waals surface area contributed by atoms with Crippen LogP contribution >= 0.6 is 0 Å². The lowest BCUT2D eigenvalue weighted by molar-refractivity contribution is 0.276. The van der Waals surface area contributed by atoms with E-state index in [1.54, 1.807) is 18.2 Å². The molecule has 0 radical (unpaired) electrons. The Bertz CT molecular complexity index is 1170. The van der Waals surface area contributed by atoms with E-state index in [-0.39, 0.29) is 28.9 Å². The SMILES string of the molecule is CCCCN[C@H]1Cc2c([nH]c3c(F)cc(CO[Si](C)(C)C(C)(C)C)cc23)[C@H](c2ccc(F)cc2)N1. The van der Waals surface area contributed by atoms with Crippen LogP contribution in [0.25, 0.3) is 10.9 Å². The number of aromatic nitrogens is 1. The predicted molar refractivity (Wildman–Crippen MR) is 142 cm³/mol. The van der Waals surface area contributed by atoms with E-state index in [2.05, 4.69) is 62.5 Å². The van der Waals surface area contributed by atoms with Crippen molar-refractivity contribution < 1.29 is 13.2 Å². The Morgan fingerprint density at radius 3 is 2.49 bits per heavy atom. The lowest BCUT2D eigenvalue weighted by Gasteiger charge is -2.36. The van der Waals surface area contributed by atoms with Gasteiger partial charge in [0, 0.05) is 17.5 Å². The molecule has 0 saturated carbocycles. The molecule has 35 heavy (non-hydrogen) atoms. The van der Waals surface area contributed by atoms with Crippen LogP contribution in [0.4, 0.5) is 8.78 Å². The maximum atomic E-state index is 15.4. The normalized spacial score (nSPS) is 18.7. The summed E-state index contributed by atoms with van der Waals surface area (Å²) in [6.45, 7) is 14.5. The molecule has 0 bridgehead atoms. The molecule has 1 aromatic heterocycles. The van der Waals surface area contributed by atoms with Crippen molar-refractivity contribution in [3.63, 3.8) is 0 Å². The summed E-state index contributed by atoms with van der Waals surface area (Å²) < 4.78 is 35.4. The van der Waals surface area contributed by atoms with Gasteiger partial charge in [-0.15, -0.1) is 0 Å². The molecule has 7 heteroatoms. The highest BCUT2D eigenvalue weighted by atomic mass is 28.4. The van der Waals surface area contributed by atoms with Crippen molar-refractivity contribution in [2.45, 2.75) is 83.9 Å². The number of unbranched alkanes of at least 4 members (excludes halogenated alkanes) is 1. The molecule has 0 aliphatic carbocycles. The first-order chi connectivity index (χ1) is 16.5. The van der Waals surface area contributed by atoms with Crippen molar-refractivity contribution in [3.05, 3.63) is 70.4 Å². The van der Waals surface area contributed by atoms with E-state index in [9.17, 15) is 4.39 Å². The van der Waals surface area contributed by atoms with Gasteiger partial charge in [-0.3, -0.25) is 5.32 Å². The molecular weight excluding hydrogens is 460 g/mol. The van der Waals surface area contributed by atoms with E-state index < -0.39 is 8.32 Å². The van der Waals surface area contributed by atoms with Crippen LogP contribution in [0.15, 0.2) is 36.4 Å². The average Bonchev–Trinajstić information content (AvgIpc) is 3.17. The van der Waals surface area contributed by atoms with Crippen LogP contribution < -0.4 is 10.6 Å². The summed E-state index contributed by atoms with van der Waals surface area (Å²) in [4.78, 5) is 3.37. The first kappa shape index (κ1) is 26.0. The molecule has 1 aliphatic rings. The molecule has 1 aliphatic heterocycles. The Morgan fingerprint density at radius 1 is 1.11 bits per heavy atom. The van der Waals surface area contributed by atoms with E-state index in [1.165, 1.54) is 12.1 Å². The van der Waals surface area contributed by atoms with Gasteiger partial charge in [0.25, 0.3) is 0 Å². The van der Waals surface area contributed by atoms with Crippen LogP contribution in [-0.2, 0) is 17.5 Å². The van der Waals surface area contributed by atoms with Gasteiger partial charge in [-0.05, 0) is 72.1 Å². The monoisotopic (exact) mass is 499 g/mol. The van der Waals surface area contributed by atoms with Crippen LogP contribution in [0, 0.1) is 11.6 Å².